The molecule has 1 aliphatic carbocycles. The quantitative estimate of drug-likeness (QED) is 0.839. The highest BCUT2D eigenvalue weighted by atomic mass is 16.5. The molecule has 1 atom stereocenters. The average molecular weight is 292 g/mol. The van der Waals surface area contributed by atoms with Crippen molar-refractivity contribution in [3.8, 4) is 11.5 Å². The first-order valence-electron chi connectivity index (χ1n) is 7.91. The minimum absolute atomic E-state index is 0.0596. The third-order valence-corrected chi connectivity index (χ3v) is 4.51. The van der Waals surface area contributed by atoms with Crippen LogP contribution in [0.1, 0.15) is 44.2 Å². The van der Waals surface area contributed by atoms with Crippen molar-refractivity contribution in [3.63, 3.8) is 0 Å². The van der Waals surface area contributed by atoms with Gasteiger partial charge < -0.3 is 15.2 Å². The molecule has 0 spiro atoms. The lowest BCUT2D eigenvalue weighted by Gasteiger charge is -2.30. The largest absolute Gasteiger partial charge is 0.497 e. The zero-order valence-corrected chi connectivity index (χ0v) is 13.5. The van der Waals surface area contributed by atoms with Gasteiger partial charge in [-0.3, -0.25) is 4.90 Å². The standard InChI is InChI=1S/C17H28N2O2/c1-4-19(13-7-5-6-8-13)12-16(18)15-11-14(20-2)9-10-17(15)21-3/h9-11,13,16H,4-8,12,18H2,1-3H3. The summed E-state index contributed by atoms with van der Waals surface area (Å²) < 4.78 is 10.8. The molecule has 4 nitrogen and oxygen atoms in total. The predicted octanol–water partition coefficient (Wildman–Crippen LogP) is 2.97. The van der Waals surface area contributed by atoms with Gasteiger partial charge in [-0.2, -0.15) is 0 Å². The van der Waals surface area contributed by atoms with E-state index in [0.717, 1.165) is 30.2 Å². The van der Waals surface area contributed by atoms with Crippen LogP contribution in [-0.2, 0) is 0 Å². The summed E-state index contributed by atoms with van der Waals surface area (Å²) >= 11 is 0. The van der Waals surface area contributed by atoms with Crippen LogP contribution in [0.4, 0.5) is 0 Å². The van der Waals surface area contributed by atoms with Crippen LogP contribution >= 0.6 is 0 Å². The maximum absolute atomic E-state index is 6.46. The van der Waals surface area contributed by atoms with Gasteiger partial charge in [-0.25, -0.2) is 0 Å². The number of ether oxygens (including phenoxy) is 2. The number of nitrogens with two attached hydrogens (primary N) is 1. The minimum atomic E-state index is -0.0596. The van der Waals surface area contributed by atoms with E-state index in [1.165, 1.54) is 25.7 Å². The summed E-state index contributed by atoms with van der Waals surface area (Å²) in [7, 11) is 3.36. The number of hydrogen-bond acceptors (Lipinski definition) is 4. The van der Waals surface area contributed by atoms with E-state index in [1.54, 1.807) is 14.2 Å². The van der Waals surface area contributed by atoms with Crippen molar-refractivity contribution in [3.05, 3.63) is 23.8 Å². The highest BCUT2D eigenvalue weighted by Gasteiger charge is 2.24. The van der Waals surface area contributed by atoms with E-state index < -0.39 is 0 Å². The number of likely N-dealkylation sites (N-methyl/N-ethyl adjacent to an activating group) is 1. The smallest absolute Gasteiger partial charge is 0.123 e. The number of benzene rings is 1. The monoisotopic (exact) mass is 292 g/mol. The molecule has 1 saturated carbocycles. The van der Waals surface area contributed by atoms with Crippen molar-refractivity contribution >= 4 is 0 Å². The molecule has 0 heterocycles. The molecule has 4 heteroatoms. The summed E-state index contributed by atoms with van der Waals surface area (Å²) in [5, 5.41) is 0. The zero-order chi connectivity index (χ0) is 15.2. The molecular weight excluding hydrogens is 264 g/mol. The predicted molar refractivity (Wildman–Crippen MR) is 86.0 cm³/mol. The van der Waals surface area contributed by atoms with Crippen LogP contribution < -0.4 is 15.2 Å². The Balaban J connectivity index is 2.12. The normalized spacial score (nSPS) is 17.2. The van der Waals surface area contributed by atoms with Gasteiger partial charge in [0.05, 0.1) is 14.2 Å². The van der Waals surface area contributed by atoms with Gasteiger partial charge in [0.1, 0.15) is 11.5 Å². The second-order valence-electron chi connectivity index (χ2n) is 5.74. The lowest BCUT2D eigenvalue weighted by molar-refractivity contribution is 0.196. The molecule has 2 rings (SSSR count). The molecule has 0 amide bonds. The lowest BCUT2D eigenvalue weighted by Crippen LogP contribution is -2.38. The summed E-state index contributed by atoms with van der Waals surface area (Å²) in [4.78, 5) is 2.51. The fourth-order valence-corrected chi connectivity index (χ4v) is 3.29. The Kier molecular flexibility index (Phi) is 5.88. The Labute approximate surface area is 128 Å². The van der Waals surface area contributed by atoms with Crippen LogP contribution in [0, 0.1) is 0 Å². The first-order valence-corrected chi connectivity index (χ1v) is 7.91. The molecule has 118 valence electrons. The SMILES string of the molecule is CCN(CC(N)c1cc(OC)ccc1OC)C1CCCC1. The van der Waals surface area contributed by atoms with E-state index in [9.17, 15) is 0 Å². The van der Waals surface area contributed by atoms with Gasteiger partial charge in [0.2, 0.25) is 0 Å². The molecule has 0 saturated heterocycles. The fourth-order valence-electron chi connectivity index (χ4n) is 3.29. The van der Waals surface area contributed by atoms with E-state index >= 15 is 0 Å². The maximum Gasteiger partial charge on any atom is 0.123 e. The summed E-state index contributed by atoms with van der Waals surface area (Å²) in [5.74, 6) is 1.66. The van der Waals surface area contributed by atoms with E-state index in [1.807, 2.05) is 18.2 Å². The van der Waals surface area contributed by atoms with Crippen LogP contribution in [-0.4, -0.2) is 38.3 Å². The van der Waals surface area contributed by atoms with Gasteiger partial charge in [0.15, 0.2) is 0 Å². The Hall–Kier alpha value is -1.26. The Bertz CT molecular complexity index is 444. The molecule has 1 fully saturated rings. The van der Waals surface area contributed by atoms with Crippen molar-refractivity contribution in [2.24, 2.45) is 5.73 Å². The number of hydrogen-bond donors (Lipinski definition) is 1. The summed E-state index contributed by atoms with van der Waals surface area (Å²) in [6, 6.07) is 6.46. The molecule has 1 aromatic carbocycles. The van der Waals surface area contributed by atoms with E-state index in [4.69, 9.17) is 15.2 Å². The van der Waals surface area contributed by atoms with Gasteiger partial charge in [0.25, 0.3) is 0 Å². The molecule has 1 aliphatic rings. The van der Waals surface area contributed by atoms with Gasteiger partial charge in [-0.1, -0.05) is 19.8 Å². The summed E-state index contributed by atoms with van der Waals surface area (Å²) in [6.07, 6.45) is 5.30. The molecular formula is C17H28N2O2. The molecule has 0 aliphatic heterocycles. The third kappa shape index (κ3) is 3.89. The Morgan fingerprint density at radius 2 is 1.95 bits per heavy atom. The topological polar surface area (TPSA) is 47.7 Å². The van der Waals surface area contributed by atoms with Crippen molar-refractivity contribution in [2.45, 2.75) is 44.7 Å². The average Bonchev–Trinajstić information content (AvgIpc) is 3.05. The second kappa shape index (κ2) is 7.66. The second-order valence-corrected chi connectivity index (χ2v) is 5.74. The first-order chi connectivity index (χ1) is 10.2. The van der Waals surface area contributed by atoms with Crippen molar-refractivity contribution < 1.29 is 9.47 Å². The zero-order valence-electron chi connectivity index (χ0n) is 13.5. The number of methoxy groups -OCH3 is 2. The Morgan fingerprint density at radius 1 is 1.24 bits per heavy atom. The van der Waals surface area contributed by atoms with Crippen LogP contribution in [0.5, 0.6) is 11.5 Å². The first kappa shape index (κ1) is 16.1. The molecule has 1 aromatic rings. The highest BCUT2D eigenvalue weighted by Crippen LogP contribution is 2.30. The lowest BCUT2D eigenvalue weighted by atomic mass is 10.0. The van der Waals surface area contributed by atoms with Gasteiger partial charge in [-0.05, 0) is 37.6 Å². The van der Waals surface area contributed by atoms with Crippen LogP contribution in [0.25, 0.3) is 0 Å². The van der Waals surface area contributed by atoms with E-state index in [2.05, 4.69) is 11.8 Å². The van der Waals surface area contributed by atoms with Crippen LogP contribution in [0.2, 0.25) is 0 Å². The molecule has 0 radical (unpaired) electrons. The summed E-state index contributed by atoms with van der Waals surface area (Å²) in [5.41, 5.74) is 7.48. The van der Waals surface area contributed by atoms with Gasteiger partial charge in [0, 0.05) is 24.2 Å². The van der Waals surface area contributed by atoms with Crippen LogP contribution in [0.3, 0.4) is 0 Å². The Morgan fingerprint density at radius 3 is 2.52 bits per heavy atom. The van der Waals surface area contributed by atoms with Crippen molar-refractivity contribution in [1.82, 2.24) is 4.90 Å². The third-order valence-electron chi connectivity index (χ3n) is 4.51. The van der Waals surface area contributed by atoms with E-state index in [-0.39, 0.29) is 6.04 Å². The van der Waals surface area contributed by atoms with Crippen LogP contribution in [0.15, 0.2) is 18.2 Å². The molecule has 1 unspecified atom stereocenters. The molecule has 0 aromatic heterocycles. The highest BCUT2D eigenvalue weighted by molar-refractivity contribution is 5.42. The van der Waals surface area contributed by atoms with Crippen molar-refractivity contribution in [2.75, 3.05) is 27.3 Å². The number of rotatable bonds is 7. The molecule has 0 bridgehead atoms. The van der Waals surface area contributed by atoms with E-state index in [0.29, 0.717) is 6.04 Å². The maximum atomic E-state index is 6.46. The van der Waals surface area contributed by atoms with Gasteiger partial charge >= 0.3 is 0 Å². The molecule has 21 heavy (non-hydrogen) atoms. The van der Waals surface area contributed by atoms with Gasteiger partial charge in [-0.15, -0.1) is 0 Å². The minimum Gasteiger partial charge on any atom is -0.497 e. The number of nitrogens with zero attached hydrogens (tertiary/aromatic N) is 1. The molecule has 2 N–H and O–H groups in total. The van der Waals surface area contributed by atoms with Crippen molar-refractivity contribution in [1.29, 1.82) is 0 Å². The summed E-state index contributed by atoms with van der Waals surface area (Å²) in [6.45, 7) is 4.13. The fraction of sp³-hybridized carbons (Fsp3) is 0.647.